The van der Waals surface area contributed by atoms with Crippen molar-refractivity contribution >= 4 is 17.4 Å². The van der Waals surface area contributed by atoms with E-state index in [4.69, 9.17) is 4.74 Å². The van der Waals surface area contributed by atoms with E-state index in [0.29, 0.717) is 24.0 Å². The zero-order valence-corrected chi connectivity index (χ0v) is 15.7. The van der Waals surface area contributed by atoms with Gasteiger partial charge in [0.1, 0.15) is 17.9 Å². The fourth-order valence-corrected chi connectivity index (χ4v) is 3.04. The Morgan fingerprint density at radius 2 is 2.04 bits per heavy atom. The van der Waals surface area contributed by atoms with E-state index in [9.17, 15) is 4.79 Å². The van der Waals surface area contributed by atoms with E-state index < -0.39 is 0 Å². The van der Waals surface area contributed by atoms with Gasteiger partial charge in [0.05, 0.1) is 19.3 Å². The second-order valence-corrected chi connectivity index (χ2v) is 6.63. The lowest BCUT2D eigenvalue weighted by molar-refractivity contribution is -0.117. The highest BCUT2D eigenvalue weighted by Crippen LogP contribution is 2.26. The predicted molar refractivity (Wildman–Crippen MR) is 102 cm³/mol. The van der Waals surface area contributed by atoms with Crippen LogP contribution in [0.4, 0.5) is 11.5 Å². The largest absolute Gasteiger partial charge is 0.495 e. The van der Waals surface area contributed by atoms with E-state index in [0.717, 1.165) is 30.2 Å². The normalized spacial score (nSPS) is 14.3. The molecule has 2 heterocycles. The van der Waals surface area contributed by atoms with Crippen LogP contribution in [0.2, 0.25) is 0 Å². The maximum Gasteiger partial charge on any atom is 0.238 e. The summed E-state index contributed by atoms with van der Waals surface area (Å²) in [5.74, 6) is 1.60. The molecule has 0 bridgehead atoms. The Morgan fingerprint density at radius 3 is 2.77 bits per heavy atom. The Kier molecular flexibility index (Phi) is 5.37. The van der Waals surface area contributed by atoms with Crippen molar-refractivity contribution in [2.75, 3.05) is 44.0 Å². The third kappa shape index (κ3) is 3.77. The molecule has 26 heavy (non-hydrogen) atoms. The van der Waals surface area contributed by atoms with Crippen molar-refractivity contribution in [2.45, 2.75) is 19.9 Å². The molecule has 1 aromatic heterocycles. The minimum absolute atomic E-state index is 0.0514. The Hall–Kier alpha value is -2.67. The molecule has 3 rings (SSSR count). The van der Waals surface area contributed by atoms with Crippen LogP contribution in [0.1, 0.15) is 11.3 Å². The fraction of sp³-hybridized carbons (Fsp3) is 0.421. The molecule has 0 aliphatic carbocycles. The molecule has 1 aromatic carbocycles. The summed E-state index contributed by atoms with van der Waals surface area (Å²) in [4.78, 5) is 25.3. The Balaban J connectivity index is 1.53. The number of benzene rings is 1. The van der Waals surface area contributed by atoms with Crippen LogP contribution in [0, 0.1) is 13.8 Å². The number of anilines is 2. The lowest BCUT2D eigenvalue weighted by Crippen LogP contribution is -2.60. The summed E-state index contributed by atoms with van der Waals surface area (Å²) in [6.07, 6.45) is 1.61. The van der Waals surface area contributed by atoms with E-state index in [1.807, 2.05) is 45.2 Å². The number of aromatic nitrogens is 2. The predicted octanol–water partition coefficient (Wildman–Crippen LogP) is 1.86. The maximum absolute atomic E-state index is 12.3. The molecule has 0 saturated carbocycles. The second-order valence-electron chi connectivity index (χ2n) is 6.63. The highest BCUT2D eigenvalue weighted by Gasteiger charge is 2.32. The van der Waals surface area contributed by atoms with Crippen molar-refractivity contribution in [3.05, 3.63) is 41.9 Å². The van der Waals surface area contributed by atoms with Gasteiger partial charge in [-0.25, -0.2) is 9.97 Å². The van der Waals surface area contributed by atoms with Crippen molar-refractivity contribution < 1.29 is 9.53 Å². The lowest BCUT2D eigenvalue weighted by atomic mass is 10.1. The highest BCUT2D eigenvalue weighted by atomic mass is 16.5. The maximum atomic E-state index is 12.3. The van der Waals surface area contributed by atoms with Crippen LogP contribution in [0.15, 0.2) is 30.6 Å². The van der Waals surface area contributed by atoms with Gasteiger partial charge in [0.25, 0.3) is 0 Å². The summed E-state index contributed by atoms with van der Waals surface area (Å²) in [7, 11) is 3.57. The van der Waals surface area contributed by atoms with E-state index >= 15 is 0 Å². The van der Waals surface area contributed by atoms with Crippen molar-refractivity contribution in [3.63, 3.8) is 0 Å². The van der Waals surface area contributed by atoms with Gasteiger partial charge in [0.15, 0.2) is 0 Å². The standard InChI is InChI=1S/C19H25N5O2/c1-13-14(2)20-12-21-19(13)24-9-15(10-24)23(3)11-18(25)22-16-7-5-6-8-17(16)26-4/h5-8,12,15H,9-11H2,1-4H3,(H,22,25). The van der Waals surface area contributed by atoms with Gasteiger partial charge in [-0.05, 0) is 33.0 Å². The zero-order valence-electron chi connectivity index (χ0n) is 15.7. The van der Waals surface area contributed by atoms with Crippen LogP contribution in [0.5, 0.6) is 5.75 Å². The van der Waals surface area contributed by atoms with E-state index in [-0.39, 0.29) is 5.91 Å². The van der Waals surface area contributed by atoms with E-state index in [1.54, 1.807) is 13.4 Å². The molecule has 7 nitrogen and oxygen atoms in total. The molecule has 1 N–H and O–H groups in total. The van der Waals surface area contributed by atoms with Gasteiger partial charge in [-0.1, -0.05) is 12.1 Å². The Labute approximate surface area is 154 Å². The molecule has 2 aromatic rings. The molecule has 0 unspecified atom stereocenters. The second kappa shape index (κ2) is 7.70. The summed E-state index contributed by atoms with van der Waals surface area (Å²) in [6.45, 7) is 6.08. The molecule has 0 atom stereocenters. The van der Waals surface area contributed by atoms with Gasteiger partial charge >= 0.3 is 0 Å². The fourth-order valence-electron chi connectivity index (χ4n) is 3.04. The first kappa shape index (κ1) is 18.1. The number of ether oxygens (including phenoxy) is 1. The number of para-hydroxylation sites is 2. The van der Waals surface area contributed by atoms with Gasteiger partial charge in [-0.2, -0.15) is 0 Å². The van der Waals surface area contributed by atoms with Crippen LogP contribution in [-0.2, 0) is 4.79 Å². The summed E-state index contributed by atoms with van der Waals surface area (Å²) < 4.78 is 5.27. The topological polar surface area (TPSA) is 70.6 Å². The number of carbonyl (C=O) groups excluding carboxylic acids is 1. The van der Waals surface area contributed by atoms with Crippen molar-refractivity contribution in [3.8, 4) is 5.75 Å². The monoisotopic (exact) mass is 355 g/mol. The van der Waals surface area contributed by atoms with Crippen LogP contribution < -0.4 is 15.0 Å². The number of amides is 1. The van der Waals surface area contributed by atoms with Gasteiger partial charge in [-0.15, -0.1) is 0 Å². The number of likely N-dealkylation sites (N-methyl/N-ethyl adjacent to an activating group) is 1. The Bertz CT molecular complexity index is 789. The first-order chi connectivity index (χ1) is 12.5. The molecule has 1 fully saturated rings. The number of hydrogen-bond donors (Lipinski definition) is 1. The first-order valence-electron chi connectivity index (χ1n) is 8.66. The molecule has 1 amide bonds. The molecular weight excluding hydrogens is 330 g/mol. The highest BCUT2D eigenvalue weighted by molar-refractivity contribution is 5.93. The minimum Gasteiger partial charge on any atom is -0.495 e. The molecular formula is C19H25N5O2. The van der Waals surface area contributed by atoms with E-state index in [2.05, 4.69) is 25.1 Å². The van der Waals surface area contributed by atoms with Crippen LogP contribution >= 0.6 is 0 Å². The van der Waals surface area contributed by atoms with Gasteiger partial charge < -0.3 is 15.0 Å². The first-order valence-corrected chi connectivity index (χ1v) is 8.66. The molecule has 7 heteroatoms. The smallest absolute Gasteiger partial charge is 0.238 e. The summed E-state index contributed by atoms with van der Waals surface area (Å²) in [6, 6.07) is 7.74. The van der Waals surface area contributed by atoms with Gasteiger partial charge in [0, 0.05) is 30.4 Å². The number of methoxy groups -OCH3 is 1. The zero-order chi connectivity index (χ0) is 18.7. The molecule has 138 valence electrons. The number of rotatable bonds is 6. The third-order valence-electron chi connectivity index (χ3n) is 4.87. The van der Waals surface area contributed by atoms with Crippen LogP contribution in [0.3, 0.4) is 0 Å². The molecule has 0 spiro atoms. The van der Waals surface area contributed by atoms with Crippen LogP contribution in [0.25, 0.3) is 0 Å². The SMILES string of the molecule is COc1ccccc1NC(=O)CN(C)C1CN(c2ncnc(C)c2C)C1. The summed E-state index contributed by atoms with van der Waals surface area (Å²) in [5, 5.41) is 2.92. The lowest BCUT2D eigenvalue weighted by Gasteiger charge is -2.45. The number of nitrogens with one attached hydrogen (secondary N) is 1. The van der Waals surface area contributed by atoms with Crippen molar-refractivity contribution in [1.82, 2.24) is 14.9 Å². The van der Waals surface area contributed by atoms with Crippen molar-refractivity contribution in [2.24, 2.45) is 0 Å². The van der Waals surface area contributed by atoms with Crippen LogP contribution in [-0.4, -0.2) is 60.6 Å². The molecule has 0 radical (unpaired) electrons. The molecule has 1 aliphatic rings. The number of hydrogen-bond acceptors (Lipinski definition) is 6. The Morgan fingerprint density at radius 1 is 1.31 bits per heavy atom. The number of aryl methyl sites for hydroxylation is 1. The van der Waals surface area contributed by atoms with E-state index in [1.165, 1.54) is 0 Å². The quantitative estimate of drug-likeness (QED) is 0.853. The average Bonchev–Trinajstić information content (AvgIpc) is 2.57. The number of carbonyl (C=O) groups is 1. The van der Waals surface area contributed by atoms with Gasteiger partial charge in [-0.3, -0.25) is 9.69 Å². The molecule has 1 aliphatic heterocycles. The molecule has 1 saturated heterocycles. The average molecular weight is 355 g/mol. The number of nitrogens with zero attached hydrogens (tertiary/aromatic N) is 4. The third-order valence-corrected chi connectivity index (χ3v) is 4.87. The summed E-state index contributed by atoms with van der Waals surface area (Å²) in [5.41, 5.74) is 2.81. The minimum atomic E-state index is -0.0514. The van der Waals surface area contributed by atoms with Gasteiger partial charge in [0.2, 0.25) is 5.91 Å². The van der Waals surface area contributed by atoms with Crippen molar-refractivity contribution in [1.29, 1.82) is 0 Å². The summed E-state index contributed by atoms with van der Waals surface area (Å²) >= 11 is 0.